The van der Waals surface area contributed by atoms with Gasteiger partial charge in [-0.25, -0.2) is 0 Å². The Hall–Kier alpha value is -1.22. The minimum atomic E-state index is 0.472. The van der Waals surface area contributed by atoms with Crippen molar-refractivity contribution in [3.8, 4) is 11.5 Å². The molecule has 1 unspecified atom stereocenters. The second-order valence-electron chi connectivity index (χ2n) is 5.64. The molecule has 1 atom stereocenters. The maximum absolute atomic E-state index is 6.02. The van der Waals surface area contributed by atoms with Crippen molar-refractivity contribution in [2.45, 2.75) is 38.0 Å². The Morgan fingerprint density at radius 2 is 1.79 bits per heavy atom. The summed E-state index contributed by atoms with van der Waals surface area (Å²) in [5.74, 6) is 2.99. The summed E-state index contributed by atoms with van der Waals surface area (Å²) in [6.45, 7) is 2.22. The Morgan fingerprint density at radius 3 is 2.53 bits per heavy atom. The maximum Gasteiger partial charge on any atom is 0.161 e. The second-order valence-corrected chi connectivity index (χ2v) is 5.64. The number of fused-ring (bicyclic) bond motifs is 1. The summed E-state index contributed by atoms with van der Waals surface area (Å²) in [7, 11) is 0. The third kappa shape index (κ3) is 2.71. The van der Waals surface area contributed by atoms with Crippen LogP contribution in [0, 0.1) is 5.92 Å². The smallest absolute Gasteiger partial charge is 0.161 e. The molecule has 1 saturated carbocycles. The van der Waals surface area contributed by atoms with Crippen LogP contribution in [0.2, 0.25) is 0 Å². The largest absolute Gasteiger partial charge is 0.490 e. The van der Waals surface area contributed by atoms with E-state index in [1.165, 1.54) is 31.2 Å². The topological polar surface area (TPSA) is 44.5 Å². The van der Waals surface area contributed by atoms with Crippen molar-refractivity contribution in [2.75, 3.05) is 19.8 Å². The number of ether oxygens (including phenoxy) is 2. The third-order valence-electron chi connectivity index (χ3n) is 4.42. The standard InChI is InChI=1S/C16H23NO2/c17-11-14(12-4-1-2-5-12)13-6-7-15-16(10-13)19-9-3-8-18-15/h6-7,10,12,14H,1-5,8-9,11,17H2. The molecule has 2 aliphatic rings. The van der Waals surface area contributed by atoms with Gasteiger partial charge in [0.1, 0.15) is 0 Å². The number of hydrogen-bond acceptors (Lipinski definition) is 3. The van der Waals surface area contributed by atoms with E-state index in [0.717, 1.165) is 43.6 Å². The van der Waals surface area contributed by atoms with Crippen molar-refractivity contribution in [3.63, 3.8) is 0 Å². The molecule has 0 radical (unpaired) electrons. The Morgan fingerprint density at radius 1 is 1.05 bits per heavy atom. The van der Waals surface area contributed by atoms with E-state index in [1.807, 2.05) is 6.07 Å². The Labute approximate surface area is 115 Å². The highest BCUT2D eigenvalue weighted by Gasteiger charge is 2.26. The van der Waals surface area contributed by atoms with Gasteiger partial charge in [-0.1, -0.05) is 18.9 Å². The van der Waals surface area contributed by atoms with E-state index in [2.05, 4.69) is 12.1 Å². The average Bonchev–Trinajstić information content (AvgIpc) is 2.85. The van der Waals surface area contributed by atoms with Crippen LogP contribution >= 0.6 is 0 Å². The maximum atomic E-state index is 6.02. The molecule has 0 saturated heterocycles. The Bertz CT molecular complexity index is 427. The molecule has 1 aromatic carbocycles. The highest BCUT2D eigenvalue weighted by molar-refractivity contribution is 5.44. The van der Waals surface area contributed by atoms with Gasteiger partial charge in [-0.15, -0.1) is 0 Å². The van der Waals surface area contributed by atoms with Crippen molar-refractivity contribution in [3.05, 3.63) is 23.8 Å². The monoisotopic (exact) mass is 261 g/mol. The Kier molecular flexibility index (Phi) is 3.92. The predicted octanol–water partition coefficient (Wildman–Crippen LogP) is 3.08. The third-order valence-corrected chi connectivity index (χ3v) is 4.42. The first-order valence-electron chi connectivity index (χ1n) is 7.48. The molecule has 3 heteroatoms. The first-order valence-corrected chi connectivity index (χ1v) is 7.48. The average molecular weight is 261 g/mol. The van der Waals surface area contributed by atoms with Crippen molar-refractivity contribution < 1.29 is 9.47 Å². The molecule has 1 aromatic rings. The van der Waals surface area contributed by atoms with E-state index in [1.54, 1.807) is 0 Å². The molecule has 1 aliphatic heterocycles. The molecule has 1 aliphatic carbocycles. The number of benzene rings is 1. The molecule has 104 valence electrons. The van der Waals surface area contributed by atoms with Crippen LogP contribution in [0.1, 0.15) is 43.6 Å². The minimum absolute atomic E-state index is 0.472. The highest BCUT2D eigenvalue weighted by Crippen LogP contribution is 2.39. The second kappa shape index (κ2) is 5.83. The lowest BCUT2D eigenvalue weighted by molar-refractivity contribution is 0.297. The summed E-state index contributed by atoms with van der Waals surface area (Å²) in [5.41, 5.74) is 7.34. The van der Waals surface area contributed by atoms with Gasteiger partial charge >= 0.3 is 0 Å². The molecule has 3 rings (SSSR count). The highest BCUT2D eigenvalue weighted by atomic mass is 16.5. The van der Waals surface area contributed by atoms with Crippen LogP contribution in [0.15, 0.2) is 18.2 Å². The van der Waals surface area contributed by atoms with Crippen LogP contribution in [0.25, 0.3) is 0 Å². The van der Waals surface area contributed by atoms with E-state index < -0.39 is 0 Å². The van der Waals surface area contributed by atoms with Crippen molar-refractivity contribution in [1.82, 2.24) is 0 Å². The zero-order valence-electron chi connectivity index (χ0n) is 11.4. The lowest BCUT2D eigenvalue weighted by Crippen LogP contribution is -2.19. The van der Waals surface area contributed by atoms with Gasteiger partial charge in [0, 0.05) is 6.42 Å². The van der Waals surface area contributed by atoms with Gasteiger partial charge in [-0.3, -0.25) is 0 Å². The van der Waals surface area contributed by atoms with Crippen LogP contribution in [-0.2, 0) is 0 Å². The molecule has 1 fully saturated rings. The zero-order chi connectivity index (χ0) is 13.1. The minimum Gasteiger partial charge on any atom is -0.490 e. The SMILES string of the molecule is NCC(c1ccc2c(c1)OCCCO2)C1CCCC1. The summed E-state index contributed by atoms with van der Waals surface area (Å²) < 4.78 is 11.5. The lowest BCUT2D eigenvalue weighted by atomic mass is 9.85. The first-order chi connectivity index (χ1) is 9.38. The van der Waals surface area contributed by atoms with Gasteiger partial charge in [0.05, 0.1) is 13.2 Å². The fourth-order valence-electron chi connectivity index (χ4n) is 3.37. The molecule has 2 N–H and O–H groups in total. The van der Waals surface area contributed by atoms with Crippen molar-refractivity contribution >= 4 is 0 Å². The van der Waals surface area contributed by atoms with E-state index in [4.69, 9.17) is 15.2 Å². The fraction of sp³-hybridized carbons (Fsp3) is 0.625. The number of nitrogens with two attached hydrogens (primary N) is 1. The van der Waals surface area contributed by atoms with E-state index in [9.17, 15) is 0 Å². The predicted molar refractivity (Wildman–Crippen MR) is 75.8 cm³/mol. The van der Waals surface area contributed by atoms with E-state index in [-0.39, 0.29) is 0 Å². The van der Waals surface area contributed by atoms with Gasteiger partial charge in [-0.2, -0.15) is 0 Å². The van der Waals surface area contributed by atoms with Crippen molar-refractivity contribution in [2.24, 2.45) is 11.7 Å². The number of rotatable bonds is 3. The molecule has 0 spiro atoms. The van der Waals surface area contributed by atoms with Crippen LogP contribution in [0.5, 0.6) is 11.5 Å². The van der Waals surface area contributed by atoms with Gasteiger partial charge in [-0.05, 0) is 48.9 Å². The zero-order valence-corrected chi connectivity index (χ0v) is 11.4. The summed E-state index contributed by atoms with van der Waals surface area (Å²) in [4.78, 5) is 0. The van der Waals surface area contributed by atoms with Gasteiger partial charge in [0.15, 0.2) is 11.5 Å². The molecular weight excluding hydrogens is 238 g/mol. The molecule has 0 aromatic heterocycles. The van der Waals surface area contributed by atoms with E-state index >= 15 is 0 Å². The van der Waals surface area contributed by atoms with Gasteiger partial charge in [0.2, 0.25) is 0 Å². The van der Waals surface area contributed by atoms with Gasteiger partial charge in [0.25, 0.3) is 0 Å². The Balaban J connectivity index is 1.85. The van der Waals surface area contributed by atoms with Crippen LogP contribution in [-0.4, -0.2) is 19.8 Å². The molecule has 19 heavy (non-hydrogen) atoms. The van der Waals surface area contributed by atoms with Crippen LogP contribution in [0.3, 0.4) is 0 Å². The molecule has 3 nitrogen and oxygen atoms in total. The summed E-state index contributed by atoms with van der Waals surface area (Å²) >= 11 is 0. The normalized spacial score (nSPS) is 21.1. The lowest BCUT2D eigenvalue weighted by Gasteiger charge is -2.23. The summed E-state index contributed by atoms with van der Waals surface area (Å²) in [6, 6.07) is 6.37. The van der Waals surface area contributed by atoms with E-state index in [0.29, 0.717) is 5.92 Å². The first kappa shape index (κ1) is 12.8. The summed E-state index contributed by atoms with van der Waals surface area (Å²) in [6.07, 6.45) is 6.29. The summed E-state index contributed by atoms with van der Waals surface area (Å²) in [5, 5.41) is 0. The van der Waals surface area contributed by atoms with Crippen molar-refractivity contribution in [1.29, 1.82) is 0 Å². The molecule has 0 bridgehead atoms. The molecule has 1 heterocycles. The quantitative estimate of drug-likeness (QED) is 0.909. The number of hydrogen-bond donors (Lipinski definition) is 1. The molecule has 0 amide bonds. The van der Waals surface area contributed by atoms with Gasteiger partial charge < -0.3 is 15.2 Å². The fourth-order valence-corrected chi connectivity index (χ4v) is 3.37. The van der Waals surface area contributed by atoms with Crippen LogP contribution in [0.4, 0.5) is 0 Å². The molecular formula is C16H23NO2. The van der Waals surface area contributed by atoms with Crippen LogP contribution < -0.4 is 15.2 Å².